The zero-order chi connectivity index (χ0) is 12.6. The highest BCUT2D eigenvalue weighted by molar-refractivity contribution is 6.42. The third-order valence-corrected chi connectivity index (χ3v) is 2.50. The van der Waals surface area contributed by atoms with Crippen LogP contribution in [-0.2, 0) is 4.79 Å². The molecule has 2 rings (SSSR count). The molecule has 1 amide bonds. The average Bonchev–Trinajstić information content (AvgIpc) is 2.69. The van der Waals surface area contributed by atoms with Crippen LogP contribution in [0.5, 0.6) is 0 Å². The van der Waals surface area contributed by atoms with Crippen LogP contribution in [0.4, 0.5) is 0 Å². The van der Waals surface area contributed by atoms with Crippen LogP contribution in [0.25, 0.3) is 5.65 Å². The van der Waals surface area contributed by atoms with Gasteiger partial charge in [-0.05, 0) is 24.6 Å². The highest BCUT2D eigenvalue weighted by Gasteiger charge is 2.21. The summed E-state index contributed by atoms with van der Waals surface area (Å²) in [7, 11) is 3.10. The summed E-state index contributed by atoms with van der Waals surface area (Å²) in [5.74, 6) is -1.10. The van der Waals surface area contributed by atoms with E-state index in [-0.39, 0.29) is 0 Å². The lowest BCUT2D eigenvalue weighted by atomic mass is 10.2. The number of Topliss-reactive ketones (excluding diaryl/α,β-unsaturated/α-hetero) is 1. The molecule has 0 saturated carbocycles. The Bertz CT molecular complexity index is 599. The molecule has 0 spiro atoms. The molecule has 0 aliphatic carbocycles. The number of imidazole rings is 1. The van der Waals surface area contributed by atoms with E-state index in [0.717, 1.165) is 5.56 Å². The largest absolute Gasteiger partial charge is 0.342 e. The van der Waals surface area contributed by atoms with Gasteiger partial charge >= 0.3 is 0 Å². The lowest BCUT2D eigenvalue weighted by Crippen LogP contribution is -2.30. The molecule has 0 bridgehead atoms. The van der Waals surface area contributed by atoms with E-state index < -0.39 is 11.7 Å². The normalized spacial score (nSPS) is 10.5. The molecule has 0 fully saturated rings. The monoisotopic (exact) mass is 231 g/mol. The van der Waals surface area contributed by atoms with Gasteiger partial charge in [-0.1, -0.05) is 0 Å². The van der Waals surface area contributed by atoms with Crippen LogP contribution in [0.1, 0.15) is 16.1 Å². The molecule has 0 radical (unpaired) electrons. The van der Waals surface area contributed by atoms with Crippen LogP contribution in [0.2, 0.25) is 0 Å². The summed E-state index contributed by atoms with van der Waals surface area (Å²) in [5, 5.41) is 0. The Balaban J connectivity index is 2.50. The third kappa shape index (κ3) is 1.91. The fourth-order valence-corrected chi connectivity index (χ4v) is 1.56. The quantitative estimate of drug-likeness (QED) is 0.570. The summed E-state index contributed by atoms with van der Waals surface area (Å²) < 4.78 is 1.62. The number of pyridine rings is 1. The van der Waals surface area contributed by atoms with Crippen molar-refractivity contribution >= 4 is 17.3 Å². The molecule has 2 aromatic heterocycles. The molecule has 0 N–H and O–H groups in total. The van der Waals surface area contributed by atoms with Gasteiger partial charge in [-0.3, -0.25) is 14.0 Å². The molecule has 88 valence electrons. The van der Waals surface area contributed by atoms with Crippen LogP contribution in [0.3, 0.4) is 0 Å². The van der Waals surface area contributed by atoms with Gasteiger partial charge in [0.15, 0.2) is 0 Å². The maximum atomic E-state index is 11.9. The van der Waals surface area contributed by atoms with Crippen LogP contribution in [0, 0.1) is 6.92 Å². The van der Waals surface area contributed by atoms with Crippen molar-refractivity contribution in [2.75, 3.05) is 14.1 Å². The molecule has 17 heavy (non-hydrogen) atoms. The first-order valence-corrected chi connectivity index (χ1v) is 5.20. The number of carbonyl (C=O) groups excluding carboxylic acids is 2. The van der Waals surface area contributed by atoms with Gasteiger partial charge in [-0.15, -0.1) is 0 Å². The van der Waals surface area contributed by atoms with E-state index in [4.69, 9.17) is 0 Å². The fourth-order valence-electron chi connectivity index (χ4n) is 1.56. The van der Waals surface area contributed by atoms with Gasteiger partial charge in [0, 0.05) is 20.3 Å². The maximum Gasteiger partial charge on any atom is 0.296 e. The topological polar surface area (TPSA) is 54.7 Å². The van der Waals surface area contributed by atoms with Gasteiger partial charge in [0.25, 0.3) is 11.7 Å². The van der Waals surface area contributed by atoms with Crippen molar-refractivity contribution in [2.45, 2.75) is 6.92 Å². The Morgan fingerprint density at radius 2 is 2.06 bits per heavy atom. The van der Waals surface area contributed by atoms with E-state index in [9.17, 15) is 9.59 Å². The Morgan fingerprint density at radius 1 is 1.35 bits per heavy atom. The van der Waals surface area contributed by atoms with Crippen LogP contribution in [0.15, 0.2) is 24.5 Å². The summed E-state index contributed by atoms with van der Waals surface area (Å²) in [5.41, 5.74) is 2.01. The Labute approximate surface area is 98.7 Å². The summed E-state index contributed by atoms with van der Waals surface area (Å²) in [6.07, 6.45) is 3.17. The number of aryl methyl sites for hydroxylation is 1. The van der Waals surface area contributed by atoms with Crippen LogP contribution < -0.4 is 0 Å². The van der Waals surface area contributed by atoms with Gasteiger partial charge in [0.05, 0.1) is 6.20 Å². The molecule has 0 unspecified atom stereocenters. The lowest BCUT2D eigenvalue weighted by molar-refractivity contribution is -0.124. The standard InChI is InChI=1S/C12H13N3O2/c1-8-4-5-15-9(7-13-10(15)6-8)11(16)12(17)14(2)3/h4-7H,1-3H3. The van der Waals surface area contributed by atoms with Crippen molar-refractivity contribution in [3.05, 3.63) is 35.8 Å². The van der Waals surface area contributed by atoms with Crippen LogP contribution >= 0.6 is 0 Å². The minimum absolute atomic E-state index is 0.290. The number of amides is 1. The number of ketones is 1. The molecule has 0 aromatic carbocycles. The second-order valence-corrected chi connectivity index (χ2v) is 4.10. The molecular weight excluding hydrogens is 218 g/mol. The van der Waals surface area contributed by atoms with Crippen LogP contribution in [-0.4, -0.2) is 40.1 Å². The molecular formula is C12H13N3O2. The summed E-state index contributed by atoms with van der Waals surface area (Å²) in [6.45, 7) is 1.95. The van der Waals surface area contributed by atoms with Gasteiger partial charge in [0.2, 0.25) is 0 Å². The van der Waals surface area contributed by atoms with E-state index in [0.29, 0.717) is 11.3 Å². The number of rotatable bonds is 2. The Hall–Kier alpha value is -2.17. The van der Waals surface area contributed by atoms with E-state index >= 15 is 0 Å². The van der Waals surface area contributed by atoms with E-state index in [2.05, 4.69) is 4.98 Å². The predicted octanol–water partition coefficient (Wildman–Crippen LogP) is 0.914. The predicted molar refractivity (Wildman–Crippen MR) is 63.0 cm³/mol. The zero-order valence-corrected chi connectivity index (χ0v) is 9.97. The second kappa shape index (κ2) is 4.01. The molecule has 2 heterocycles. The van der Waals surface area contributed by atoms with Crippen molar-refractivity contribution in [2.24, 2.45) is 0 Å². The van der Waals surface area contributed by atoms with Crippen molar-refractivity contribution in [3.63, 3.8) is 0 Å². The number of likely N-dealkylation sites (N-methyl/N-ethyl adjacent to an activating group) is 1. The summed E-state index contributed by atoms with van der Waals surface area (Å²) >= 11 is 0. The first-order chi connectivity index (χ1) is 8.00. The van der Waals surface area contributed by atoms with Crippen molar-refractivity contribution < 1.29 is 9.59 Å². The van der Waals surface area contributed by atoms with Crippen molar-refractivity contribution in [3.8, 4) is 0 Å². The Morgan fingerprint density at radius 3 is 2.71 bits per heavy atom. The molecule has 0 saturated heterocycles. The highest BCUT2D eigenvalue weighted by atomic mass is 16.2. The molecule has 0 aliphatic rings. The number of nitrogens with zero attached hydrogens (tertiary/aromatic N) is 3. The highest BCUT2D eigenvalue weighted by Crippen LogP contribution is 2.10. The fraction of sp³-hybridized carbons (Fsp3) is 0.250. The smallest absolute Gasteiger partial charge is 0.296 e. The number of aromatic nitrogens is 2. The Kier molecular flexibility index (Phi) is 2.67. The SMILES string of the molecule is Cc1ccn2c(C(=O)C(=O)N(C)C)cnc2c1. The number of carbonyl (C=O) groups is 2. The zero-order valence-electron chi connectivity index (χ0n) is 9.97. The van der Waals surface area contributed by atoms with Gasteiger partial charge in [-0.2, -0.15) is 0 Å². The molecule has 5 heteroatoms. The molecule has 0 atom stereocenters. The lowest BCUT2D eigenvalue weighted by Gasteiger charge is -2.08. The number of hydrogen-bond donors (Lipinski definition) is 0. The number of fused-ring (bicyclic) bond motifs is 1. The minimum Gasteiger partial charge on any atom is -0.342 e. The molecule has 2 aromatic rings. The first-order valence-electron chi connectivity index (χ1n) is 5.20. The summed E-state index contributed by atoms with van der Waals surface area (Å²) in [6, 6.07) is 3.72. The van der Waals surface area contributed by atoms with Crippen molar-refractivity contribution in [1.29, 1.82) is 0 Å². The van der Waals surface area contributed by atoms with Gasteiger partial charge < -0.3 is 4.90 Å². The van der Waals surface area contributed by atoms with E-state index in [1.165, 1.54) is 11.1 Å². The summed E-state index contributed by atoms with van der Waals surface area (Å²) in [4.78, 5) is 28.9. The maximum absolute atomic E-state index is 11.9. The van der Waals surface area contributed by atoms with E-state index in [1.54, 1.807) is 24.7 Å². The van der Waals surface area contributed by atoms with Gasteiger partial charge in [0.1, 0.15) is 11.3 Å². The van der Waals surface area contributed by atoms with Gasteiger partial charge in [-0.25, -0.2) is 4.98 Å². The minimum atomic E-state index is -0.550. The van der Waals surface area contributed by atoms with E-state index in [1.807, 2.05) is 19.1 Å². The second-order valence-electron chi connectivity index (χ2n) is 4.10. The van der Waals surface area contributed by atoms with Crippen molar-refractivity contribution in [1.82, 2.24) is 14.3 Å². The first kappa shape index (κ1) is 11.3. The molecule has 0 aliphatic heterocycles. The number of hydrogen-bond acceptors (Lipinski definition) is 3. The average molecular weight is 231 g/mol. The molecule has 5 nitrogen and oxygen atoms in total. The third-order valence-electron chi connectivity index (χ3n) is 2.50.